The van der Waals surface area contributed by atoms with Crippen LogP contribution in [0.4, 0.5) is 5.69 Å². The summed E-state index contributed by atoms with van der Waals surface area (Å²) in [5, 5.41) is 4.66. The summed E-state index contributed by atoms with van der Waals surface area (Å²) < 4.78 is 5.72. The SMILES string of the molecule is O=C(CCC(=O)c1cccs1)Nc1ccc(OCc2ccccc2)cc1. The molecule has 26 heavy (non-hydrogen) atoms. The minimum Gasteiger partial charge on any atom is -0.489 e. The van der Waals surface area contributed by atoms with Gasteiger partial charge in [0.05, 0.1) is 4.88 Å². The van der Waals surface area contributed by atoms with E-state index >= 15 is 0 Å². The minimum atomic E-state index is -0.173. The molecule has 0 aliphatic rings. The van der Waals surface area contributed by atoms with Crippen LogP contribution in [0.3, 0.4) is 0 Å². The number of carbonyl (C=O) groups is 2. The molecule has 0 bridgehead atoms. The van der Waals surface area contributed by atoms with Crippen LogP contribution in [0.5, 0.6) is 5.75 Å². The van der Waals surface area contributed by atoms with Crippen LogP contribution in [0.15, 0.2) is 72.1 Å². The third kappa shape index (κ3) is 5.29. The van der Waals surface area contributed by atoms with Crippen LogP contribution in [-0.2, 0) is 11.4 Å². The molecule has 132 valence electrons. The lowest BCUT2D eigenvalue weighted by Crippen LogP contribution is -2.13. The maximum absolute atomic E-state index is 12.0. The number of benzene rings is 2. The Labute approximate surface area is 156 Å². The van der Waals surface area contributed by atoms with Crippen molar-refractivity contribution in [1.82, 2.24) is 0 Å². The number of ether oxygens (including phenoxy) is 1. The predicted octanol–water partition coefficient (Wildman–Crippen LogP) is 4.93. The van der Waals surface area contributed by atoms with Crippen LogP contribution < -0.4 is 10.1 Å². The summed E-state index contributed by atoms with van der Waals surface area (Å²) in [4.78, 5) is 24.6. The standard InChI is InChI=1S/C21H19NO3S/c23-19(20-7-4-14-26-20)12-13-21(24)22-17-8-10-18(11-9-17)25-15-16-5-2-1-3-6-16/h1-11,14H,12-13,15H2,(H,22,24). The molecule has 0 saturated carbocycles. The van der Waals surface area contributed by atoms with E-state index in [1.807, 2.05) is 53.9 Å². The first-order valence-corrected chi connectivity index (χ1v) is 9.22. The Bertz CT molecular complexity index is 843. The number of ketones is 1. The lowest BCUT2D eigenvalue weighted by atomic mass is 10.2. The second kappa shape index (κ2) is 8.97. The minimum absolute atomic E-state index is 0.000176. The number of rotatable bonds is 8. The van der Waals surface area contributed by atoms with E-state index in [-0.39, 0.29) is 24.5 Å². The second-order valence-electron chi connectivity index (χ2n) is 5.75. The number of Topliss-reactive ketones (excluding diaryl/α,β-unsaturated/α-hetero) is 1. The molecule has 0 aliphatic carbocycles. The zero-order chi connectivity index (χ0) is 18.2. The fourth-order valence-corrected chi connectivity index (χ4v) is 3.08. The molecule has 0 atom stereocenters. The quantitative estimate of drug-likeness (QED) is 0.576. The van der Waals surface area contributed by atoms with E-state index in [0.717, 1.165) is 11.3 Å². The smallest absolute Gasteiger partial charge is 0.224 e. The second-order valence-corrected chi connectivity index (χ2v) is 6.69. The summed E-state index contributed by atoms with van der Waals surface area (Å²) in [6.45, 7) is 0.497. The molecular formula is C21H19NO3S. The van der Waals surface area contributed by atoms with Crippen LogP contribution in [0.1, 0.15) is 28.1 Å². The van der Waals surface area contributed by atoms with Crippen molar-refractivity contribution in [2.75, 3.05) is 5.32 Å². The van der Waals surface area contributed by atoms with Gasteiger partial charge in [-0.15, -0.1) is 11.3 Å². The van der Waals surface area contributed by atoms with Gasteiger partial charge in [0.2, 0.25) is 5.91 Å². The van der Waals surface area contributed by atoms with Crippen LogP contribution in [0.25, 0.3) is 0 Å². The Kier molecular flexibility index (Phi) is 6.17. The zero-order valence-electron chi connectivity index (χ0n) is 14.2. The lowest BCUT2D eigenvalue weighted by Gasteiger charge is -2.08. The molecule has 0 spiro atoms. The molecule has 5 heteroatoms. The van der Waals surface area contributed by atoms with Gasteiger partial charge in [0, 0.05) is 18.5 Å². The molecule has 2 aromatic carbocycles. The van der Waals surface area contributed by atoms with Crippen molar-refractivity contribution in [3.8, 4) is 5.75 Å². The van der Waals surface area contributed by atoms with Crippen LogP contribution in [0.2, 0.25) is 0 Å². The first kappa shape index (κ1) is 17.9. The van der Waals surface area contributed by atoms with Crippen LogP contribution >= 0.6 is 11.3 Å². The number of carbonyl (C=O) groups excluding carboxylic acids is 2. The fourth-order valence-electron chi connectivity index (χ4n) is 2.39. The van der Waals surface area contributed by atoms with Crippen molar-refractivity contribution < 1.29 is 14.3 Å². The van der Waals surface area contributed by atoms with Gasteiger partial charge >= 0.3 is 0 Å². The maximum atomic E-state index is 12.0. The summed E-state index contributed by atoms with van der Waals surface area (Å²) in [7, 11) is 0. The van der Waals surface area contributed by atoms with Crippen LogP contribution in [-0.4, -0.2) is 11.7 Å². The summed E-state index contributed by atoms with van der Waals surface area (Å²) >= 11 is 1.40. The van der Waals surface area contributed by atoms with Crippen molar-refractivity contribution in [2.45, 2.75) is 19.4 Å². The number of hydrogen-bond acceptors (Lipinski definition) is 4. The Morgan fingerprint density at radius 3 is 2.35 bits per heavy atom. The Balaban J connectivity index is 1.44. The molecule has 0 unspecified atom stereocenters. The first-order chi connectivity index (χ1) is 12.7. The molecule has 1 heterocycles. The van der Waals surface area contributed by atoms with E-state index < -0.39 is 0 Å². The van der Waals surface area contributed by atoms with Gasteiger partial charge in [0.25, 0.3) is 0 Å². The van der Waals surface area contributed by atoms with Crippen molar-refractivity contribution in [1.29, 1.82) is 0 Å². The molecule has 3 aromatic rings. The highest BCUT2D eigenvalue weighted by Crippen LogP contribution is 2.18. The topological polar surface area (TPSA) is 55.4 Å². The molecule has 0 radical (unpaired) electrons. The number of thiophene rings is 1. The van der Waals surface area contributed by atoms with Gasteiger partial charge < -0.3 is 10.1 Å². The zero-order valence-corrected chi connectivity index (χ0v) is 15.0. The largest absolute Gasteiger partial charge is 0.489 e. The summed E-state index contributed by atoms with van der Waals surface area (Å²) in [6.07, 6.45) is 0.383. The third-order valence-electron chi connectivity index (χ3n) is 3.76. The lowest BCUT2D eigenvalue weighted by molar-refractivity contribution is -0.116. The molecule has 0 aliphatic heterocycles. The molecule has 1 N–H and O–H groups in total. The van der Waals surface area contributed by atoms with E-state index in [4.69, 9.17) is 4.74 Å². The van der Waals surface area contributed by atoms with Crippen molar-refractivity contribution in [2.24, 2.45) is 0 Å². The summed E-state index contributed by atoms with van der Waals surface area (Å²) in [5.41, 5.74) is 1.78. The Hall–Kier alpha value is -2.92. The molecule has 1 aromatic heterocycles. The first-order valence-electron chi connectivity index (χ1n) is 8.34. The normalized spacial score (nSPS) is 10.3. The van der Waals surface area contributed by atoms with E-state index in [9.17, 15) is 9.59 Å². The molecule has 4 nitrogen and oxygen atoms in total. The number of amides is 1. The van der Waals surface area contributed by atoms with Gasteiger partial charge in [-0.3, -0.25) is 9.59 Å². The van der Waals surface area contributed by atoms with Gasteiger partial charge in [-0.25, -0.2) is 0 Å². The molecular weight excluding hydrogens is 346 g/mol. The average Bonchev–Trinajstić information content (AvgIpc) is 3.21. The van der Waals surface area contributed by atoms with Crippen LogP contribution in [0, 0.1) is 0 Å². The maximum Gasteiger partial charge on any atom is 0.224 e. The summed E-state index contributed by atoms with van der Waals surface area (Å²) in [5.74, 6) is 0.562. The molecule has 0 saturated heterocycles. The van der Waals surface area contributed by atoms with E-state index in [2.05, 4.69) is 5.32 Å². The van der Waals surface area contributed by atoms with Gasteiger partial charge in [-0.05, 0) is 41.3 Å². The van der Waals surface area contributed by atoms with Gasteiger partial charge in [0.15, 0.2) is 5.78 Å². The number of anilines is 1. The number of nitrogens with one attached hydrogen (secondary N) is 1. The average molecular weight is 365 g/mol. The van der Waals surface area contributed by atoms with Gasteiger partial charge in [0.1, 0.15) is 12.4 Å². The highest BCUT2D eigenvalue weighted by Gasteiger charge is 2.10. The summed E-state index contributed by atoms with van der Waals surface area (Å²) in [6, 6.07) is 20.7. The van der Waals surface area contributed by atoms with Crippen molar-refractivity contribution in [3.05, 3.63) is 82.6 Å². The molecule has 0 fully saturated rings. The molecule has 1 amide bonds. The highest BCUT2D eigenvalue weighted by molar-refractivity contribution is 7.12. The monoisotopic (exact) mass is 365 g/mol. The Morgan fingerprint density at radius 1 is 0.885 bits per heavy atom. The van der Waals surface area contributed by atoms with Gasteiger partial charge in [-0.2, -0.15) is 0 Å². The van der Waals surface area contributed by atoms with E-state index in [0.29, 0.717) is 17.2 Å². The van der Waals surface area contributed by atoms with E-state index in [1.165, 1.54) is 11.3 Å². The van der Waals surface area contributed by atoms with Crippen molar-refractivity contribution >= 4 is 28.7 Å². The fraction of sp³-hybridized carbons (Fsp3) is 0.143. The van der Waals surface area contributed by atoms with E-state index in [1.54, 1.807) is 18.2 Å². The van der Waals surface area contributed by atoms with Crippen molar-refractivity contribution in [3.63, 3.8) is 0 Å². The molecule has 3 rings (SSSR count). The Morgan fingerprint density at radius 2 is 1.65 bits per heavy atom. The predicted molar refractivity (Wildman–Crippen MR) is 104 cm³/mol. The highest BCUT2D eigenvalue weighted by atomic mass is 32.1. The number of hydrogen-bond donors (Lipinski definition) is 1. The third-order valence-corrected chi connectivity index (χ3v) is 4.67. The van der Waals surface area contributed by atoms with Gasteiger partial charge in [-0.1, -0.05) is 36.4 Å².